The number of hydrogen-bond acceptors (Lipinski definition) is 6. The summed E-state index contributed by atoms with van der Waals surface area (Å²) in [6.45, 7) is 6.15. The third kappa shape index (κ3) is 4.83. The van der Waals surface area contributed by atoms with Gasteiger partial charge in [-0.15, -0.1) is 0 Å². The summed E-state index contributed by atoms with van der Waals surface area (Å²) in [6.07, 6.45) is 2.94. The minimum atomic E-state index is -0.369. The van der Waals surface area contributed by atoms with Gasteiger partial charge in [-0.05, 0) is 24.7 Å². The average Bonchev–Trinajstić information content (AvgIpc) is 2.78. The number of piperazine rings is 1. The number of carbonyl (C=O) groups excluding carboxylic acids is 2. The molecule has 0 unspecified atom stereocenters. The lowest BCUT2D eigenvalue weighted by atomic mass is 10.1. The Morgan fingerprint density at radius 1 is 1.03 bits per heavy atom. The number of pyridine rings is 1. The maximum Gasteiger partial charge on any atom is 0.257 e. The summed E-state index contributed by atoms with van der Waals surface area (Å²) in [7, 11) is 3.08. The zero-order chi connectivity index (χ0) is 20.8. The topological polar surface area (TPSA) is 84.0 Å². The number of likely N-dealkylation sites (N-methyl/N-ethyl adjacent to an activating group) is 1. The Kier molecular flexibility index (Phi) is 6.66. The van der Waals surface area contributed by atoms with Crippen LogP contribution in [0.15, 0.2) is 36.7 Å². The second kappa shape index (κ2) is 9.38. The van der Waals surface area contributed by atoms with E-state index >= 15 is 0 Å². The zero-order valence-corrected chi connectivity index (χ0v) is 17.0. The summed E-state index contributed by atoms with van der Waals surface area (Å²) in [5.41, 5.74) is 1.22. The van der Waals surface area contributed by atoms with Crippen molar-refractivity contribution in [2.45, 2.75) is 6.92 Å². The number of hydrogen-bond donors (Lipinski definition) is 1. The van der Waals surface area contributed by atoms with E-state index < -0.39 is 0 Å². The number of anilines is 1. The summed E-state index contributed by atoms with van der Waals surface area (Å²) in [4.78, 5) is 33.7. The SMILES string of the molecule is CCN1CCN(C(=O)c2cncc(C(=O)Nc3ccc(OC)cc3OC)c2)CC1. The molecule has 1 aliphatic rings. The Labute approximate surface area is 170 Å². The van der Waals surface area contributed by atoms with Gasteiger partial charge in [0.15, 0.2) is 0 Å². The van der Waals surface area contributed by atoms with Crippen LogP contribution in [0.25, 0.3) is 0 Å². The summed E-state index contributed by atoms with van der Waals surface area (Å²) < 4.78 is 10.5. The Morgan fingerprint density at radius 2 is 1.76 bits per heavy atom. The van der Waals surface area contributed by atoms with Crippen LogP contribution >= 0.6 is 0 Å². The summed E-state index contributed by atoms with van der Waals surface area (Å²) in [5.74, 6) is 0.625. The van der Waals surface area contributed by atoms with Gasteiger partial charge < -0.3 is 24.6 Å². The molecule has 0 saturated carbocycles. The van der Waals surface area contributed by atoms with Gasteiger partial charge in [-0.2, -0.15) is 0 Å². The smallest absolute Gasteiger partial charge is 0.257 e. The molecule has 0 aliphatic carbocycles. The van der Waals surface area contributed by atoms with E-state index in [4.69, 9.17) is 9.47 Å². The number of carbonyl (C=O) groups is 2. The molecule has 0 spiro atoms. The fourth-order valence-electron chi connectivity index (χ4n) is 3.23. The molecule has 0 radical (unpaired) electrons. The highest BCUT2D eigenvalue weighted by atomic mass is 16.5. The molecular formula is C21H26N4O4. The molecule has 0 atom stereocenters. The first kappa shape index (κ1) is 20.6. The molecule has 1 saturated heterocycles. The first-order valence-corrected chi connectivity index (χ1v) is 9.55. The molecule has 2 amide bonds. The van der Waals surface area contributed by atoms with Crippen LogP contribution in [0.2, 0.25) is 0 Å². The van der Waals surface area contributed by atoms with Crippen molar-refractivity contribution in [3.05, 3.63) is 47.8 Å². The van der Waals surface area contributed by atoms with Crippen LogP contribution in [0.3, 0.4) is 0 Å². The van der Waals surface area contributed by atoms with Gasteiger partial charge in [-0.1, -0.05) is 6.92 Å². The highest BCUT2D eigenvalue weighted by Gasteiger charge is 2.22. The van der Waals surface area contributed by atoms with Gasteiger partial charge in [0, 0.05) is 44.6 Å². The van der Waals surface area contributed by atoms with Gasteiger partial charge in [-0.3, -0.25) is 14.6 Å². The number of ether oxygens (including phenoxy) is 2. The molecule has 29 heavy (non-hydrogen) atoms. The number of nitrogens with zero attached hydrogens (tertiary/aromatic N) is 3. The van der Waals surface area contributed by atoms with E-state index in [9.17, 15) is 9.59 Å². The molecule has 3 rings (SSSR count). The Bertz CT molecular complexity index is 879. The van der Waals surface area contributed by atoms with Crippen LogP contribution in [0.5, 0.6) is 11.5 Å². The van der Waals surface area contributed by atoms with Crippen molar-refractivity contribution in [1.29, 1.82) is 0 Å². The minimum Gasteiger partial charge on any atom is -0.497 e. The Hall–Kier alpha value is -3.13. The molecule has 0 bridgehead atoms. The van der Waals surface area contributed by atoms with Crippen molar-refractivity contribution in [3.8, 4) is 11.5 Å². The molecule has 1 N–H and O–H groups in total. The van der Waals surface area contributed by atoms with Crippen molar-refractivity contribution in [2.24, 2.45) is 0 Å². The van der Waals surface area contributed by atoms with Gasteiger partial charge in [0.2, 0.25) is 0 Å². The van der Waals surface area contributed by atoms with Crippen LogP contribution in [-0.2, 0) is 0 Å². The standard InChI is InChI=1S/C21H26N4O4/c1-4-24-7-9-25(10-8-24)21(27)16-11-15(13-22-14-16)20(26)23-18-6-5-17(28-2)12-19(18)29-3/h5-6,11-14H,4,7-10H2,1-3H3,(H,23,26). The van der Waals surface area contributed by atoms with Crippen LogP contribution in [0.1, 0.15) is 27.6 Å². The van der Waals surface area contributed by atoms with Crippen molar-refractivity contribution in [2.75, 3.05) is 52.3 Å². The van der Waals surface area contributed by atoms with E-state index in [1.54, 1.807) is 36.3 Å². The molecular weight excluding hydrogens is 372 g/mol. The first-order chi connectivity index (χ1) is 14.0. The van der Waals surface area contributed by atoms with Crippen LogP contribution in [0.4, 0.5) is 5.69 Å². The van der Waals surface area contributed by atoms with Crippen molar-refractivity contribution in [3.63, 3.8) is 0 Å². The van der Waals surface area contributed by atoms with E-state index in [0.717, 1.165) is 19.6 Å². The largest absolute Gasteiger partial charge is 0.497 e. The van der Waals surface area contributed by atoms with E-state index in [0.29, 0.717) is 41.4 Å². The monoisotopic (exact) mass is 398 g/mol. The van der Waals surface area contributed by atoms with Crippen LogP contribution < -0.4 is 14.8 Å². The molecule has 1 fully saturated rings. The maximum atomic E-state index is 12.8. The Morgan fingerprint density at radius 3 is 2.41 bits per heavy atom. The van der Waals surface area contributed by atoms with Gasteiger partial charge in [0.25, 0.3) is 11.8 Å². The van der Waals surface area contributed by atoms with Crippen molar-refractivity contribution >= 4 is 17.5 Å². The number of nitrogens with one attached hydrogen (secondary N) is 1. The van der Waals surface area contributed by atoms with Crippen LogP contribution in [0, 0.1) is 0 Å². The second-order valence-corrected chi connectivity index (χ2v) is 6.71. The lowest BCUT2D eigenvalue weighted by Gasteiger charge is -2.34. The first-order valence-electron chi connectivity index (χ1n) is 9.55. The molecule has 8 heteroatoms. The molecule has 154 valence electrons. The highest BCUT2D eigenvalue weighted by molar-refractivity contribution is 6.06. The van der Waals surface area contributed by atoms with E-state index in [1.165, 1.54) is 19.5 Å². The fourth-order valence-corrected chi connectivity index (χ4v) is 3.23. The summed E-state index contributed by atoms with van der Waals surface area (Å²) in [6, 6.07) is 6.69. The van der Waals surface area contributed by atoms with Crippen LogP contribution in [-0.4, -0.2) is 73.5 Å². The molecule has 2 heterocycles. The normalized spacial score (nSPS) is 14.4. The van der Waals surface area contributed by atoms with E-state index in [1.807, 2.05) is 0 Å². The molecule has 2 aromatic rings. The Balaban J connectivity index is 1.72. The number of rotatable bonds is 6. The van der Waals surface area contributed by atoms with Gasteiger partial charge >= 0.3 is 0 Å². The van der Waals surface area contributed by atoms with Crippen molar-refractivity contribution < 1.29 is 19.1 Å². The van der Waals surface area contributed by atoms with Crippen molar-refractivity contribution in [1.82, 2.24) is 14.8 Å². The highest BCUT2D eigenvalue weighted by Crippen LogP contribution is 2.29. The molecule has 1 aliphatic heterocycles. The molecule has 1 aromatic carbocycles. The van der Waals surface area contributed by atoms with Gasteiger partial charge in [0.05, 0.1) is 31.0 Å². The predicted octanol–water partition coefficient (Wildman–Crippen LogP) is 2.13. The summed E-state index contributed by atoms with van der Waals surface area (Å²) >= 11 is 0. The summed E-state index contributed by atoms with van der Waals surface area (Å²) in [5, 5.41) is 2.80. The number of aromatic nitrogens is 1. The quantitative estimate of drug-likeness (QED) is 0.803. The third-order valence-corrected chi connectivity index (χ3v) is 5.01. The number of methoxy groups -OCH3 is 2. The van der Waals surface area contributed by atoms with E-state index in [2.05, 4.69) is 22.1 Å². The van der Waals surface area contributed by atoms with Gasteiger partial charge in [-0.25, -0.2) is 0 Å². The number of benzene rings is 1. The number of amides is 2. The molecule has 8 nitrogen and oxygen atoms in total. The van der Waals surface area contributed by atoms with E-state index in [-0.39, 0.29) is 11.8 Å². The predicted molar refractivity (Wildman–Crippen MR) is 110 cm³/mol. The zero-order valence-electron chi connectivity index (χ0n) is 17.0. The lowest BCUT2D eigenvalue weighted by Crippen LogP contribution is -2.48. The maximum absolute atomic E-state index is 12.8. The lowest BCUT2D eigenvalue weighted by molar-refractivity contribution is 0.0643. The fraction of sp³-hybridized carbons (Fsp3) is 0.381. The third-order valence-electron chi connectivity index (χ3n) is 5.01. The van der Waals surface area contributed by atoms with Gasteiger partial charge in [0.1, 0.15) is 11.5 Å². The minimum absolute atomic E-state index is 0.107. The average molecular weight is 398 g/mol. The molecule has 1 aromatic heterocycles. The second-order valence-electron chi connectivity index (χ2n) is 6.71.